The Morgan fingerprint density at radius 1 is 1.35 bits per heavy atom. The zero-order chi connectivity index (χ0) is 17.3. The molecule has 1 aliphatic heterocycles. The predicted octanol–water partition coefficient (Wildman–Crippen LogP) is 3.90. The molecule has 1 aliphatic rings. The third-order valence-electron chi connectivity index (χ3n) is 3.25. The van der Waals surface area contributed by atoms with Crippen molar-refractivity contribution >= 4 is 35.4 Å². The average molecular weight is 358 g/mol. The summed E-state index contributed by atoms with van der Waals surface area (Å²) >= 11 is 7.57. The van der Waals surface area contributed by atoms with Crippen LogP contribution in [0.1, 0.15) is 27.2 Å². The van der Waals surface area contributed by atoms with E-state index in [4.69, 9.17) is 16.3 Å². The lowest BCUT2D eigenvalue weighted by molar-refractivity contribution is -0.138. The highest BCUT2D eigenvalue weighted by molar-refractivity contribution is 8.01. The lowest BCUT2D eigenvalue weighted by atomic mass is 9.95. The average Bonchev–Trinajstić information content (AvgIpc) is 2.35. The van der Waals surface area contributed by atoms with Crippen LogP contribution >= 0.6 is 23.4 Å². The van der Waals surface area contributed by atoms with E-state index in [0.717, 1.165) is 4.90 Å². The molecule has 23 heavy (non-hydrogen) atoms. The van der Waals surface area contributed by atoms with Gasteiger partial charge in [0.2, 0.25) is 0 Å². The molecule has 2 rings (SSSR count). The van der Waals surface area contributed by atoms with Crippen molar-refractivity contribution in [3.05, 3.63) is 29.3 Å². The first-order valence-corrected chi connectivity index (χ1v) is 8.43. The minimum Gasteiger partial charge on any atom is -0.481 e. The van der Waals surface area contributed by atoms with Crippen LogP contribution in [0, 0.1) is 0 Å². The summed E-state index contributed by atoms with van der Waals surface area (Å²) in [6.45, 7) is 6.04. The molecule has 0 aromatic heterocycles. The standard InChI is InChI=1S/C16H20ClNO4S/c1-15(2,3)22-14(21)18-9-16(10-18,8-13(19)20)23-12-7-5-4-6-11(12)17/h4-7H,8-10H2,1-3H3,(H,19,20). The van der Waals surface area contributed by atoms with E-state index in [-0.39, 0.29) is 6.42 Å². The predicted molar refractivity (Wildman–Crippen MR) is 90.1 cm³/mol. The van der Waals surface area contributed by atoms with Crippen LogP contribution in [0.3, 0.4) is 0 Å². The second-order valence-electron chi connectivity index (χ2n) is 6.62. The number of thioether (sulfide) groups is 1. The molecule has 0 saturated carbocycles. The number of carbonyl (C=O) groups excluding carboxylic acids is 1. The van der Waals surface area contributed by atoms with Gasteiger partial charge in [-0.25, -0.2) is 4.79 Å². The molecule has 126 valence electrons. The van der Waals surface area contributed by atoms with Gasteiger partial charge in [-0.2, -0.15) is 0 Å². The molecule has 0 spiro atoms. The van der Waals surface area contributed by atoms with Gasteiger partial charge < -0.3 is 14.7 Å². The summed E-state index contributed by atoms with van der Waals surface area (Å²) in [5.74, 6) is -0.895. The minimum absolute atomic E-state index is 0.0395. The molecule has 1 saturated heterocycles. The van der Waals surface area contributed by atoms with Crippen LogP contribution in [-0.4, -0.2) is 45.5 Å². The number of nitrogens with zero attached hydrogens (tertiary/aromatic N) is 1. The third-order valence-corrected chi connectivity index (χ3v) is 5.10. The van der Waals surface area contributed by atoms with E-state index in [2.05, 4.69) is 0 Å². The van der Waals surface area contributed by atoms with Gasteiger partial charge in [-0.1, -0.05) is 23.7 Å². The van der Waals surface area contributed by atoms with Gasteiger partial charge in [-0.05, 0) is 32.9 Å². The van der Waals surface area contributed by atoms with Crippen molar-refractivity contribution in [1.29, 1.82) is 0 Å². The van der Waals surface area contributed by atoms with Crippen molar-refractivity contribution in [2.75, 3.05) is 13.1 Å². The van der Waals surface area contributed by atoms with Crippen molar-refractivity contribution in [3.8, 4) is 0 Å². The van der Waals surface area contributed by atoms with E-state index in [1.807, 2.05) is 18.2 Å². The molecule has 0 atom stereocenters. The van der Waals surface area contributed by atoms with Crippen molar-refractivity contribution in [3.63, 3.8) is 0 Å². The molecule has 1 aromatic carbocycles. The number of hydrogen-bond acceptors (Lipinski definition) is 4. The van der Waals surface area contributed by atoms with Gasteiger partial charge in [0.25, 0.3) is 0 Å². The molecule has 0 unspecified atom stereocenters. The Bertz CT molecular complexity index is 608. The maximum absolute atomic E-state index is 12.1. The summed E-state index contributed by atoms with van der Waals surface area (Å²) in [5.41, 5.74) is -0.571. The highest BCUT2D eigenvalue weighted by Gasteiger charge is 2.49. The zero-order valence-corrected chi connectivity index (χ0v) is 14.9. The SMILES string of the molecule is CC(C)(C)OC(=O)N1CC(CC(=O)O)(Sc2ccccc2Cl)C1. The summed E-state index contributed by atoms with van der Waals surface area (Å²) in [6.07, 6.45) is -0.458. The molecule has 7 heteroatoms. The lowest BCUT2D eigenvalue weighted by Gasteiger charge is -2.48. The zero-order valence-electron chi connectivity index (χ0n) is 13.3. The fourth-order valence-electron chi connectivity index (χ4n) is 2.35. The Hall–Kier alpha value is -1.40. The van der Waals surface area contributed by atoms with Gasteiger partial charge in [0, 0.05) is 18.0 Å². The molecular formula is C16H20ClNO4S. The number of amides is 1. The van der Waals surface area contributed by atoms with Crippen molar-refractivity contribution in [1.82, 2.24) is 4.90 Å². The summed E-state index contributed by atoms with van der Waals surface area (Å²) < 4.78 is 4.74. The Balaban J connectivity index is 2.08. The number of halogens is 1. The number of ether oxygens (including phenoxy) is 1. The molecule has 0 radical (unpaired) electrons. The highest BCUT2D eigenvalue weighted by atomic mass is 35.5. The van der Waals surface area contributed by atoms with E-state index in [0.29, 0.717) is 18.1 Å². The van der Waals surface area contributed by atoms with Crippen LogP contribution in [-0.2, 0) is 9.53 Å². The van der Waals surface area contributed by atoms with Gasteiger partial charge in [-0.3, -0.25) is 4.79 Å². The van der Waals surface area contributed by atoms with Gasteiger partial charge >= 0.3 is 12.1 Å². The Morgan fingerprint density at radius 3 is 2.48 bits per heavy atom. The van der Waals surface area contributed by atoms with Crippen LogP contribution < -0.4 is 0 Å². The van der Waals surface area contributed by atoms with Gasteiger partial charge in [0.1, 0.15) is 5.60 Å². The maximum atomic E-state index is 12.1. The van der Waals surface area contributed by atoms with E-state index in [1.165, 1.54) is 16.7 Å². The van der Waals surface area contributed by atoms with E-state index in [1.54, 1.807) is 26.8 Å². The van der Waals surface area contributed by atoms with Crippen molar-refractivity contribution in [2.24, 2.45) is 0 Å². The van der Waals surface area contributed by atoms with E-state index in [9.17, 15) is 14.7 Å². The molecule has 1 aromatic rings. The quantitative estimate of drug-likeness (QED) is 0.885. The number of benzene rings is 1. The summed E-state index contributed by atoms with van der Waals surface area (Å²) in [5, 5.41) is 9.77. The first-order valence-electron chi connectivity index (χ1n) is 7.23. The van der Waals surface area contributed by atoms with Crippen LogP contribution in [0.4, 0.5) is 4.79 Å². The second-order valence-corrected chi connectivity index (χ2v) is 8.54. The number of carbonyl (C=O) groups is 2. The van der Waals surface area contributed by atoms with Crippen LogP contribution in [0.2, 0.25) is 5.02 Å². The minimum atomic E-state index is -0.895. The molecule has 1 N–H and O–H groups in total. The van der Waals surface area contributed by atoms with Crippen LogP contribution in [0.25, 0.3) is 0 Å². The maximum Gasteiger partial charge on any atom is 0.410 e. The number of hydrogen-bond donors (Lipinski definition) is 1. The first kappa shape index (κ1) is 17.9. The van der Waals surface area contributed by atoms with E-state index < -0.39 is 22.4 Å². The molecule has 5 nitrogen and oxygen atoms in total. The van der Waals surface area contributed by atoms with Gasteiger partial charge in [0.15, 0.2) is 0 Å². The Labute approximate surface area is 144 Å². The van der Waals surface area contributed by atoms with Crippen LogP contribution in [0.15, 0.2) is 29.2 Å². The Morgan fingerprint density at radius 2 is 1.96 bits per heavy atom. The van der Waals surface area contributed by atoms with Gasteiger partial charge in [0.05, 0.1) is 16.2 Å². The fraction of sp³-hybridized carbons (Fsp3) is 0.500. The highest BCUT2D eigenvalue weighted by Crippen LogP contribution is 2.45. The Kier molecular flexibility index (Phi) is 5.16. The number of likely N-dealkylation sites (tertiary alicyclic amines) is 1. The lowest BCUT2D eigenvalue weighted by Crippen LogP contribution is -2.62. The molecule has 1 heterocycles. The summed E-state index contributed by atoms with van der Waals surface area (Å²) in [4.78, 5) is 25.6. The fourth-order valence-corrected chi connectivity index (χ4v) is 4.02. The number of aliphatic carboxylic acids is 1. The first-order chi connectivity index (χ1) is 10.6. The second kappa shape index (κ2) is 6.61. The number of carboxylic acid groups (broad SMARTS) is 1. The number of rotatable bonds is 4. The van der Waals surface area contributed by atoms with Crippen molar-refractivity contribution < 1.29 is 19.4 Å². The summed E-state index contributed by atoms with van der Waals surface area (Å²) in [6, 6.07) is 7.30. The molecule has 0 aliphatic carbocycles. The van der Waals surface area contributed by atoms with Crippen LogP contribution in [0.5, 0.6) is 0 Å². The normalized spacial score (nSPS) is 16.6. The smallest absolute Gasteiger partial charge is 0.410 e. The number of carboxylic acids is 1. The third kappa shape index (κ3) is 4.78. The topological polar surface area (TPSA) is 66.8 Å². The molecular weight excluding hydrogens is 338 g/mol. The van der Waals surface area contributed by atoms with Gasteiger partial charge in [-0.15, -0.1) is 11.8 Å². The molecule has 0 bridgehead atoms. The van der Waals surface area contributed by atoms with Crippen molar-refractivity contribution in [2.45, 2.75) is 42.4 Å². The van der Waals surface area contributed by atoms with E-state index >= 15 is 0 Å². The summed E-state index contributed by atoms with van der Waals surface area (Å²) in [7, 11) is 0. The largest absolute Gasteiger partial charge is 0.481 e. The molecule has 1 amide bonds. The monoisotopic (exact) mass is 357 g/mol. The molecule has 1 fully saturated rings.